The fourth-order valence-corrected chi connectivity index (χ4v) is 8.20. The summed E-state index contributed by atoms with van der Waals surface area (Å²) in [5, 5.41) is 7.30. The molecule has 64 heavy (non-hydrogen) atoms. The molecule has 0 saturated heterocycles. The summed E-state index contributed by atoms with van der Waals surface area (Å²) in [7, 11) is 4.17. The molecule has 0 spiro atoms. The smallest absolute Gasteiger partial charge is 0.407 e. The molecule has 1 aliphatic heterocycles. The molecule has 2 aromatic heterocycles. The van der Waals surface area contributed by atoms with E-state index in [0.717, 1.165) is 55.5 Å². The van der Waals surface area contributed by atoms with Gasteiger partial charge in [0.2, 0.25) is 11.8 Å². The van der Waals surface area contributed by atoms with Crippen LogP contribution in [0.25, 0.3) is 44.2 Å². The van der Waals surface area contributed by atoms with Crippen LogP contribution in [0.1, 0.15) is 62.9 Å². The minimum absolute atomic E-state index is 0.0364. The zero-order valence-electron chi connectivity index (χ0n) is 37.3. The van der Waals surface area contributed by atoms with Crippen LogP contribution in [0.15, 0.2) is 79.0 Å². The Kier molecular flexibility index (Phi) is 14.1. The van der Waals surface area contributed by atoms with Gasteiger partial charge in [0.25, 0.3) is 0 Å². The van der Waals surface area contributed by atoms with Crippen LogP contribution in [0.2, 0.25) is 0 Å². The van der Waals surface area contributed by atoms with Gasteiger partial charge in [0.1, 0.15) is 36.1 Å². The number of aromatic amines is 2. The Labute approximate surface area is 372 Å². The van der Waals surface area contributed by atoms with E-state index in [1.807, 2.05) is 70.2 Å². The van der Waals surface area contributed by atoms with Crippen molar-refractivity contribution in [3.05, 3.63) is 102 Å². The number of aromatic nitrogens is 4. The lowest BCUT2D eigenvalue weighted by molar-refractivity contribution is -0.136. The molecule has 336 valence electrons. The number of alkyl carbamates (subject to hydrolysis) is 2. The molecule has 7 rings (SSSR count). The summed E-state index contributed by atoms with van der Waals surface area (Å²) in [6.45, 7) is 9.84. The molecule has 0 saturated carbocycles. The Morgan fingerprint density at radius 3 is 2.30 bits per heavy atom. The highest BCUT2D eigenvalue weighted by Gasteiger charge is 2.32. The van der Waals surface area contributed by atoms with Crippen LogP contribution in [-0.2, 0) is 43.5 Å². The van der Waals surface area contributed by atoms with E-state index in [1.165, 1.54) is 14.2 Å². The van der Waals surface area contributed by atoms with E-state index in [1.54, 1.807) is 35.2 Å². The van der Waals surface area contributed by atoms with Crippen molar-refractivity contribution < 1.29 is 38.1 Å². The van der Waals surface area contributed by atoms with E-state index in [0.29, 0.717) is 49.9 Å². The molecule has 0 bridgehead atoms. The molecular formula is C48H56N8O8. The summed E-state index contributed by atoms with van der Waals surface area (Å²) in [6.07, 6.45) is 1.11. The van der Waals surface area contributed by atoms with Gasteiger partial charge in [-0.3, -0.25) is 9.59 Å². The van der Waals surface area contributed by atoms with Crippen molar-refractivity contribution in [1.82, 2.24) is 40.4 Å². The summed E-state index contributed by atoms with van der Waals surface area (Å²) in [6, 6.07) is 21.8. The topological polar surface area (TPSA) is 193 Å². The standard InChI is InChI=1S/C48H56N8O8/c1-8-18-55(46(58)43(54-48(60)63-7)30-12-10-9-11-13-30)25-41-50-37-17-15-31-20-36-34-16-14-32(19-33(34)27-64-39(36)21-35(31)44(37)52-41)38-22-49-40(51-38)24-56(23-29(4)26-61-5)45(57)42(28(2)3)53-47(59)62-6/h9-17,19-22,28-29,42-43H,8,18,23-27H2,1-7H3,(H,49,51)(H,50,52)(H,53,59)(H,54,60)/t29-,42-,43+/m0/s1. The molecule has 6 aromatic rings. The molecule has 16 nitrogen and oxygen atoms in total. The molecular weight excluding hydrogens is 817 g/mol. The fourth-order valence-electron chi connectivity index (χ4n) is 8.20. The number of carbonyl (C=O) groups excluding carboxylic acids is 4. The Hall–Kier alpha value is -6.94. The molecule has 3 heterocycles. The number of H-pyrrole nitrogens is 2. The van der Waals surface area contributed by atoms with Crippen molar-refractivity contribution in [1.29, 1.82) is 0 Å². The van der Waals surface area contributed by atoms with E-state index in [-0.39, 0.29) is 36.7 Å². The summed E-state index contributed by atoms with van der Waals surface area (Å²) < 4.78 is 21.4. The van der Waals surface area contributed by atoms with Crippen LogP contribution in [-0.4, -0.2) is 101 Å². The maximum absolute atomic E-state index is 14.0. The van der Waals surface area contributed by atoms with Crippen LogP contribution in [0, 0.1) is 11.8 Å². The molecule has 4 amide bonds. The lowest BCUT2D eigenvalue weighted by Gasteiger charge is -2.30. The molecule has 16 heteroatoms. The van der Waals surface area contributed by atoms with Gasteiger partial charge in [0.15, 0.2) is 0 Å². The second-order valence-electron chi connectivity index (χ2n) is 16.5. The molecule has 4 N–H and O–H groups in total. The first-order valence-electron chi connectivity index (χ1n) is 21.5. The predicted octanol–water partition coefficient (Wildman–Crippen LogP) is 7.49. The molecule has 0 fully saturated rings. The van der Waals surface area contributed by atoms with Gasteiger partial charge in [-0.05, 0) is 70.2 Å². The van der Waals surface area contributed by atoms with Crippen LogP contribution < -0.4 is 15.4 Å². The number of hydrogen-bond acceptors (Lipinski definition) is 10. The minimum Gasteiger partial charge on any atom is -0.488 e. The third-order valence-electron chi connectivity index (χ3n) is 11.3. The highest BCUT2D eigenvalue weighted by atomic mass is 16.5. The number of fused-ring (bicyclic) bond motifs is 6. The van der Waals surface area contributed by atoms with Crippen molar-refractivity contribution in [2.24, 2.45) is 11.8 Å². The maximum Gasteiger partial charge on any atom is 0.407 e. The number of amides is 4. The minimum atomic E-state index is -0.930. The monoisotopic (exact) mass is 872 g/mol. The second kappa shape index (κ2) is 20.1. The van der Waals surface area contributed by atoms with Crippen molar-refractivity contribution in [2.75, 3.05) is 41.0 Å². The summed E-state index contributed by atoms with van der Waals surface area (Å²) in [5.41, 5.74) is 6.98. The molecule has 1 aliphatic rings. The van der Waals surface area contributed by atoms with Crippen LogP contribution in [0.5, 0.6) is 5.75 Å². The van der Waals surface area contributed by atoms with Crippen molar-refractivity contribution in [3.8, 4) is 28.1 Å². The van der Waals surface area contributed by atoms with Crippen molar-refractivity contribution in [3.63, 3.8) is 0 Å². The number of imidazole rings is 2. The van der Waals surface area contributed by atoms with Gasteiger partial charge in [0, 0.05) is 31.1 Å². The number of rotatable bonds is 17. The largest absolute Gasteiger partial charge is 0.488 e. The van der Waals surface area contributed by atoms with Crippen molar-refractivity contribution >= 4 is 45.8 Å². The molecule has 0 aliphatic carbocycles. The van der Waals surface area contributed by atoms with Gasteiger partial charge in [0.05, 0.1) is 56.8 Å². The average Bonchev–Trinajstić information content (AvgIpc) is 3.95. The number of ether oxygens (including phenoxy) is 4. The van der Waals surface area contributed by atoms with Gasteiger partial charge in [-0.15, -0.1) is 0 Å². The highest BCUT2D eigenvalue weighted by Crippen LogP contribution is 2.42. The molecule has 0 radical (unpaired) electrons. The van der Waals surface area contributed by atoms with Gasteiger partial charge >= 0.3 is 12.2 Å². The zero-order valence-corrected chi connectivity index (χ0v) is 37.3. The lowest BCUT2D eigenvalue weighted by atomic mass is 9.92. The Morgan fingerprint density at radius 2 is 1.58 bits per heavy atom. The van der Waals surface area contributed by atoms with Gasteiger partial charge < -0.3 is 49.3 Å². The van der Waals surface area contributed by atoms with E-state index in [2.05, 4.69) is 43.8 Å². The second-order valence-corrected chi connectivity index (χ2v) is 16.5. The predicted molar refractivity (Wildman–Crippen MR) is 242 cm³/mol. The summed E-state index contributed by atoms with van der Waals surface area (Å²) in [5.74, 6) is 1.31. The number of benzene rings is 4. The Bertz CT molecular complexity index is 2620. The Balaban J connectivity index is 1.11. The average molecular weight is 873 g/mol. The maximum atomic E-state index is 14.0. The highest BCUT2D eigenvalue weighted by molar-refractivity contribution is 6.07. The Morgan fingerprint density at radius 1 is 0.828 bits per heavy atom. The molecule has 4 aromatic carbocycles. The normalized spacial score (nSPS) is 13.3. The molecule has 0 unspecified atom stereocenters. The number of carbonyl (C=O) groups is 4. The first kappa shape index (κ1) is 45.1. The third-order valence-corrected chi connectivity index (χ3v) is 11.3. The van der Waals surface area contributed by atoms with Crippen LogP contribution >= 0.6 is 0 Å². The third kappa shape index (κ3) is 9.97. The SMILES string of the molecule is CCCN(Cc1nc2c(ccc3cc4c(cc32)OCc2cc(-c3cnc(CN(C[C@H](C)COC)C(=O)[C@@H](NC(=O)OC)C(C)C)[nH]3)ccc2-4)[nH]1)C(=O)[C@H](NC(=O)OC)c1ccccc1. The van der Waals surface area contributed by atoms with E-state index in [4.69, 9.17) is 23.9 Å². The van der Waals surface area contributed by atoms with Gasteiger partial charge in [-0.2, -0.15) is 0 Å². The fraction of sp³-hybridized carbons (Fsp3) is 0.375. The summed E-state index contributed by atoms with van der Waals surface area (Å²) in [4.78, 5) is 72.2. The first-order chi connectivity index (χ1) is 30.9. The molecule has 3 atom stereocenters. The zero-order chi connectivity index (χ0) is 45.5. The number of nitrogens with zero attached hydrogens (tertiary/aromatic N) is 4. The van der Waals surface area contributed by atoms with Gasteiger partial charge in [-0.1, -0.05) is 76.2 Å². The summed E-state index contributed by atoms with van der Waals surface area (Å²) >= 11 is 0. The van der Waals surface area contributed by atoms with E-state index >= 15 is 0 Å². The van der Waals surface area contributed by atoms with E-state index in [9.17, 15) is 19.2 Å². The quantitative estimate of drug-likeness (QED) is 0.0714. The number of hydrogen-bond donors (Lipinski definition) is 4. The van der Waals surface area contributed by atoms with Crippen LogP contribution in [0.3, 0.4) is 0 Å². The van der Waals surface area contributed by atoms with Gasteiger partial charge in [-0.25, -0.2) is 19.6 Å². The first-order valence-corrected chi connectivity index (χ1v) is 21.5. The van der Waals surface area contributed by atoms with Crippen LogP contribution in [0.4, 0.5) is 9.59 Å². The number of nitrogens with one attached hydrogen (secondary N) is 4. The lowest BCUT2D eigenvalue weighted by Crippen LogP contribution is -2.52. The van der Waals surface area contributed by atoms with Crippen molar-refractivity contribution in [2.45, 2.75) is 65.9 Å². The van der Waals surface area contributed by atoms with E-state index < -0.39 is 24.3 Å². The number of methoxy groups -OCH3 is 3.